The Balaban J connectivity index is 1.45. The Kier molecular flexibility index (Phi) is 6.49. The number of hydrogen-bond donors (Lipinski definition) is 0. The zero-order valence-electron chi connectivity index (χ0n) is 15.7. The second-order valence-corrected chi connectivity index (χ2v) is 7.61. The third-order valence-electron chi connectivity index (χ3n) is 6.01. The number of carbonyl (C=O) groups excluding carboxylic acids is 1. The lowest BCUT2D eigenvalue weighted by atomic mass is 9.90. The Bertz CT molecular complexity index is 532. The molecule has 4 heteroatoms. The molecule has 2 aliphatic heterocycles. The van der Waals surface area contributed by atoms with Crippen molar-refractivity contribution >= 4 is 5.91 Å². The summed E-state index contributed by atoms with van der Waals surface area (Å²) in [5.74, 6) is 1.02. The summed E-state index contributed by atoms with van der Waals surface area (Å²) < 4.78 is 5.43. The molecule has 1 unspecified atom stereocenters. The number of amides is 1. The fourth-order valence-corrected chi connectivity index (χ4v) is 4.22. The summed E-state index contributed by atoms with van der Waals surface area (Å²) in [6, 6.07) is 10.7. The van der Waals surface area contributed by atoms with E-state index >= 15 is 0 Å². The molecule has 2 aliphatic rings. The summed E-state index contributed by atoms with van der Waals surface area (Å²) in [5.41, 5.74) is 1.42. The predicted molar refractivity (Wildman–Crippen MR) is 101 cm³/mol. The molecule has 3 rings (SSSR count). The maximum atomic E-state index is 12.9. The molecule has 0 aliphatic carbocycles. The minimum absolute atomic E-state index is 0.00322. The molecule has 2 heterocycles. The van der Waals surface area contributed by atoms with Gasteiger partial charge in [-0.25, -0.2) is 0 Å². The Labute approximate surface area is 152 Å². The van der Waals surface area contributed by atoms with Crippen LogP contribution in [0.2, 0.25) is 0 Å². The number of carbonyl (C=O) groups is 1. The monoisotopic (exact) mass is 344 g/mol. The number of nitrogens with zero attached hydrogens (tertiary/aromatic N) is 2. The van der Waals surface area contributed by atoms with Crippen LogP contribution in [-0.2, 0) is 16.0 Å². The number of benzene rings is 1. The third-order valence-corrected chi connectivity index (χ3v) is 6.01. The van der Waals surface area contributed by atoms with Crippen LogP contribution in [0.5, 0.6) is 0 Å². The van der Waals surface area contributed by atoms with E-state index in [-0.39, 0.29) is 6.04 Å². The topological polar surface area (TPSA) is 32.8 Å². The van der Waals surface area contributed by atoms with Crippen LogP contribution in [0.15, 0.2) is 30.3 Å². The summed E-state index contributed by atoms with van der Waals surface area (Å²) in [5, 5.41) is 0. The SMILES string of the molecule is COC1CCN(C(C)C(=O)N2CCC(Cc3ccccc3)CC2)CC1. The summed E-state index contributed by atoms with van der Waals surface area (Å²) in [7, 11) is 1.79. The van der Waals surface area contributed by atoms with E-state index < -0.39 is 0 Å². The quantitative estimate of drug-likeness (QED) is 0.823. The van der Waals surface area contributed by atoms with Crippen LogP contribution in [-0.4, -0.2) is 61.1 Å². The first kappa shape index (κ1) is 18.4. The van der Waals surface area contributed by atoms with Gasteiger partial charge >= 0.3 is 0 Å². The van der Waals surface area contributed by atoms with Crippen molar-refractivity contribution < 1.29 is 9.53 Å². The molecule has 0 saturated carbocycles. The first-order valence-corrected chi connectivity index (χ1v) is 9.77. The minimum atomic E-state index is 0.00322. The number of methoxy groups -OCH3 is 1. The molecule has 1 aromatic rings. The molecule has 1 aromatic carbocycles. The molecule has 138 valence electrons. The first-order chi connectivity index (χ1) is 12.2. The lowest BCUT2D eigenvalue weighted by Gasteiger charge is -2.39. The van der Waals surface area contributed by atoms with Crippen LogP contribution in [0.4, 0.5) is 0 Å². The Morgan fingerprint density at radius 3 is 2.32 bits per heavy atom. The highest BCUT2D eigenvalue weighted by atomic mass is 16.5. The van der Waals surface area contributed by atoms with E-state index in [1.807, 2.05) is 0 Å². The van der Waals surface area contributed by atoms with Crippen molar-refractivity contribution in [2.24, 2.45) is 5.92 Å². The lowest BCUT2D eigenvalue weighted by Crippen LogP contribution is -2.52. The summed E-state index contributed by atoms with van der Waals surface area (Å²) >= 11 is 0. The number of likely N-dealkylation sites (tertiary alicyclic amines) is 2. The number of hydrogen-bond acceptors (Lipinski definition) is 3. The van der Waals surface area contributed by atoms with Gasteiger partial charge in [0.05, 0.1) is 12.1 Å². The van der Waals surface area contributed by atoms with Gasteiger partial charge in [-0.1, -0.05) is 30.3 Å². The maximum absolute atomic E-state index is 12.9. The van der Waals surface area contributed by atoms with Crippen molar-refractivity contribution in [3.63, 3.8) is 0 Å². The summed E-state index contributed by atoms with van der Waals surface area (Å²) in [6.45, 7) is 5.84. The third kappa shape index (κ3) is 4.83. The molecule has 0 spiro atoms. The average Bonchev–Trinajstić information content (AvgIpc) is 2.68. The number of ether oxygens (including phenoxy) is 1. The van der Waals surface area contributed by atoms with Crippen molar-refractivity contribution in [3.05, 3.63) is 35.9 Å². The number of rotatable bonds is 5. The van der Waals surface area contributed by atoms with Crippen molar-refractivity contribution in [2.75, 3.05) is 33.3 Å². The smallest absolute Gasteiger partial charge is 0.239 e. The Morgan fingerprint density at radius 2 is 1.72 bits per heavy atom. The second-order valence-electron chi connectivity index (χ2n) is 7.61. The van der Waals surface area contributed by atoms with E-state index in [2.05, 4.69) is 47.1 Å². The lowest BCUT2D eigenvalue weighted by molar-refractivity contribution is -0.138. The van der Waals surface area contributed by atoms with E-state index in [0.29, 0.717) is 17.9 Å². The molecule has 2 fully saturated rings. The average molecular weight is 344 g/mol. The summed E-state index contributed by atoms with van der Waals surface area (Å²) in [4.78, 5) is 17.3. The second kappa shape index (κ2) is 8.81. The molecule has 1 amide bonds. The van der Waals surface area contributed by atoms with Crippen LogP contribution in [0.25, 0.3) is 0 Å². The standard InChI is InChI=1S/C21H32N2O2/c1-17(22-14-10-20(25-2)11-15-22)21(24)23-12-8-19(9-13-23)16-18-6-4-3-5-7-18/h3-7,17,19-20H,8-16H2,1-2H3. The van der Waals surface area contributed by atoms with Crippen LogP contribution in [0.1, 0.15) is 38.2 Å². The van der Waals surface area contributed by atoms with Crippen LogP contribution in [0.3, 0.4) is 0 Å². The highest BCUT2D eigenvalue weighted by Crippen LogP contribution is 2.23. The maximum Gasteiger partial charge on any atom is 0.239 e. The largest absolute Gasteiger partial charge is 0.381 e. The normalized spacial score (nSPS) is 22.1. The van der Waals surface area contributed by atoms with Gasteiger partial charge in [-0.05, 0) is 50.5 Å². The molecule has 0 N–H and O–H groups in total. The molecule has 2 saturated heterocycles. The zero-order valence-corrected chi connectivity index (χ0v) is 15.7. The molecule has 0 radical (unpaired) electrons. The van der Waals surface area contributed by atoms with Gasteiger partial charge in [-0.15, -0.1) is 0 Å². The first-order valence-electron chi connectivity index (χ1n) is 9.77. The van der Waals surface area contributed by atoms with Crippen LogP contribution in [0, 0.1) is 5.92 Å². The van der Waals surface area contributed by atoms with Gasteiger partial charge in [0, 0.05) is 33.3 Å². The fraction of sp³-hybridized carbons (Fsp3) is 0.667. The Morgan fingerprint density at radius 1 is 1.08 bits per heavy atom. The van der Waals surface area contributed by atoms with Gasteiger partial charge in [-0.2, -0.15) is 0 Å². The highest BCUT2D eigenvalue weighted by molar-refractivity contribution is 5.81. The van der Waals surface area contributed by atoms with E-state index in [4.69, 9.17) is 4.74 Å². The minimum Gasteiger partial charge on any atom is -0.381 e. The Hall–Kier alpha value is -1.39. The van der Waals surface area contributed by atoms with E-state index in [1.165, 1.54) is 5.56 Å². The van der Waals surface area contributed by atoms with Gasteiger partial charge in [0.25, 0.3) is 0 Å². The van der Waals surface area contributed by atoms with Gasteiger partial charge in [0.15, 0.2) is 0 Å². The van der Waals surface area contributed by atoms with E-state index in [9.17, 15) is 4.79 Å². The molecular weight excluding hydrogens is 312 g/mol. The summed E-state index contributed by atoms with van der Waals surface area (Å²) in [6.07, 6.45) is 5.83. The fourth-order valence-electron chi connectivity index (χ4n) is 4.22. The number of piperidine rings is 2. The van der Waals surface area contributed by atoms with E-state index in [0.717, 1.165) is 58.3 Å². The molecule has 0 aromatic heterocycles. The molecular formula is C21H32N2O2. The highest BCUT2D eigenvalue weighted by Gasteiger charge is 2.31. The van der Waals surface area contributed by atoms with Crippen LogP contribution < -0.4 is 0 Å². The van der Waals surface area contributed by atoms with E-state index in [1.54, 1.807) is 7.11 Å². The van der Waals surface area contributed by atoms with Crippen molar-refractivity contribution in [3.8, 4) is 0 Å². The zero-order chi connectivity index (χ0) is 17.6. The molecule has 1 atom stereocenters. The molecule has 25 heavy (non-hydrogen) atoms. The van der Waals surface area contributed by atoms with Crippen molar-refractivity contribution in [1.29, 1.82) is 0 Å². The predicted octanol–water partition coefficient (Wildman–Crippen LogP) is 2.97. The van der Waals surface area contributed by atoms with Gasteiger partial charge in [0.1, 0.15) is 0 Å². The van der Waals surface area contributed by atoms with Gasteiger partial charge < -0.3 is 9.64 Å². The van der Waals surface area contributed by atoms with Gasteiger partial charge in [-0.3, -0.25) is 9.69 Å². The molecule has 4 nitrogen and oxygen atoms in total. The van der Waals surface area contributed by atoms with Gasteiger partial charge in [0.2, 0.25) is 5.91 Å². The van der Waals surface area contributed by atoms with Crippen LogP contribution >= 0.6 is 0 Å². The molecule has 0 bridgehead atoms. The van der Waals surface area contributed by atoms with Crippen molar-refractivity contribution in [2.45, 2.75) is 51.2 Å². The van der Waals surface area contributed by atoms with Crippen molar-refractivity contribution in [1.82, 2.24) is 9.80 Å².